The highest BCUT2D eigenvalue weighted by Gasteiger charge is 2.29. The molecule has 0 heterocycles. The van der Waals surface area contributed by atoms with E-state index in [-0.39, 0.29) is 0 Å². The van der Waals surface area contributed by atoms with Crippen LogP contribution < -0.4 is 0 Å². The van der Waals surface area contributed by atoms with Crippen molar-refractivity contribution in [3.63, 3.8) is 0 Å². The van der Waals surface area contributed by atoms with Crippen LogP contribution in [0.5, 0.6) is 0 Å². The number of unbranched alkanes of at least 4 members (excludes halogenated alkanes) is 1. The van der Waals surface area contributed by atoms with Crippen molar-refractivity contribution in [2.75, 3.05) is 0 Å². The second-order valence-corrected chi connectivity index (χ2v) is 8.39. The summed E-state index contributed by atoms with van der Waals surface area (Å²) in [6, 6.07) is 1.56. The van der Waals surface area contributed by atoms with Crippen molar-refractivity contribution in [1.82, 2.24) is 0 Å². The molecular weight excluding hydrogens is 309 g/mol. The summed E-state index contributed by atoms with van der Waals surface area (Å²) in [6.45, 7) is 6.81. The summed E-state index contributed by atoms with van der Waals surface area (Å²) >= 11 is 0. The van der Waals surface area contributed by atoms with Gasteiger partial charge in [0.25, 0.3) is 0 Å². The maximum atomic E-state index is 12.8. The van der Waals surface area contributed by atoms with Gasteiger partial charge in [-0.3, -0.25) is 0 Å². The number of hydrogen-bond donors (Lipinski definition) is 0. The van der Waals surface area contributed by atoms with Crippen LogP contribution in [0.25, 0.3) is 0 Å². The molecule has 0 aromatic carbocycles. The molecule has 25 heavy (non-hydrogen) atoms. The fourth-order valence-corrected chi connectivity index (χ4v) is 4.96. The molecule has 2 aliphatic rings. The molecule has 0 radical (unpaired) electrons. The van der Waals surface area contributed by atoms with Gasteiger partial charge < -0.3 is 0 Å². The smallest absolute Gasteiger partial charge is 0.195 e. The first kappa shape index (κ1) is 20.2. The largest absolute Gasteiger partial charge is 0.196 e. The normalized spacial score (nSPS) is 30.7. The quantitative estimate of drug-likeness (QED) is 0.330. The third-order valence-electron chi connectivity index (χ3n) is 6.71. The lowest BCUT2D eigenvalue weighted by Gasteiger charge is -2.36. The highest BCUT2D eigenvalue weighted by atomic mass is 19.1. The second kappa shape index (κ2) is 10.8. The minimum atomic E-state index is -0.628. The molecule has 0 aliphatic heterocycles. The Bertz CT molecular complexity index is 471. The Morgan fingerprint density at radius 2 is 1.52 bits per heavy atom. The van der Waals surface area contributed by atoms with Crippen LogP contribution in [0.15, 0.2) is 24.1 Å². The lowest BCUT2D eigenvalue weighted by Crippen LogP contribution is -2.23. The first-order valence-electron chi connectivity index (χ1n) is 10.6. The fourth-order valence-electron chi connectivity index (χ4n) is 4.96. The van der Waals surface area contributed by atoms with Crippen LogP contribution >= 0.6 is 0 Å². The van der Waals surface area contributed by atoms with Crippen molar-refractivity contribution in [2.24, 2.45) is 23.7 Å². The summed E-state index contributed by atoms with van der Waals surface area (Å²) in [5.74, 6) is 2.54. The van der Waals surface area contributed by atoms with Gasteiger partial charge >= 0.3 is 0 Å². The molecule has 0 atom stereocenters. The van der Waals surface area contributed by atoms with Gasteiger partial charge in [-0.15, -0.1) is 0 Å². The van der Waals surface area contributed by atoms with Gasteiger partial charge in [0, 0.05) is 0 Å². The van der Waals surface area contributed by atoms with Crippen LogP contribution in [-0.4, -0.2) is 0 Å². The Hall–Kier alpha value is -1.10. The zero-order chi connectivity index (χ0) is 18.1. The first-order valence-corrected chi connectivity index (χ1v) is 10.6. The van der Waals surface area contributed by atoms with Crippen LogP contribution in [0, 0.1) is 35.0 Å². The topological polar surface area (TPSA) is 23.8 Å². The van der Waals surface area contributed by atoms with Gasteiger partial charge in [0.2, 0.25) is 0 Å². The molecule has 0 aromatic heterocycles. The molecule has 2 aliphatic carbocycles. The number of rotatable bonds is 8. The molecule has 1 nitrogen and oxygen atoms in total. The molecule has 140 valence electrons. The predicted molar refractivity (Wildman–Crippen MR) is 104 cm³/mol. The van der Waals surface area contributed by atoms with Gasteiger partial charge in [0.05, 0.1) is 0 Å². The average Bonchev–Trinajstić information content (AvgIpc) is 2.66. The number of halogens is 1. The van der Waals surface area contributed by atoms with E-state index in [1.54, 1.807) is 11.6 Å². The van der Waals surface area contributed by atoms with Crippen molar-refractivity contribution in [3.8, 4) is 6.07 Å². The third kappa shape index (κ3) is 6.61. The predicted octanol–water partition coefficient (Wildman–Crippen LogP) is 7.50. The summed E-state index contributed by atoms with van der Waals surface area (Å²) in [5, 5.41) is 8.45. The van der Waals surface area contributed by atoms with Crippen LogP contribution in [0.3, 0.4) is 0 Å². The molecule has 2 heteroatoms. The van der Waals surface area contributed by atoms with Gasteiger partial charge in [0.15, 0.2) is 5.83 Å². The Labute approximate surface area is 154 Å². The number of nitriles is 1. The molecule has 2 rings (SSSR count). The SMILES string of the molecule is C=C([C@H]1CC[C@H](CC/C=C(\F)C#N)CC1)[C@H]1CC[C@H](CCCC)CC1. The van der Waals surface area contributed by atoms with E-state index in [1.165, 1.54) is 76.7 Å². The maximum absolute atomic E-state index is 12.8. The maximum Gasteiger partial charge on any atom is 0.196 e. The summed E-state index contributed by atoms with van der Waals surface area (Å²) in [7, 11) is 0. The van der Waals surface area contributed by atoms with E-state index >= 15 is 0 Å². The molecule has 2 fully saturated rings. The highest BCUT2D eigenvalue weighted by molar-refractivity contribution is 5.11. The van der Waals surface area contributed by atoms with Gasteiger partial charge in [-0.05, 0) is 94.0 Å². The lowest BCUT2D eigenvalue weighted by atomic mass is 9.70. The van der Waals surface area contributed by atoms with Crippen molar-refractivity contribution in [3.05, 3.63) is 24.1 Å². The van der Waals surface area contributed by atoms with Gasteiger partial charge in [-0.2, -0.15) is 9.65 Å². The van der Waals surface area contributed by atoms with Crippen molar-refractivity contribution < 1.29 is 4.39 Å². The minimum absolute atomic E-state index is 0.628. The van der Waals surface area contributed by atoms with E-state index in [2.05, 4.69) is 13.5 Å². The van der Waals surface area contributed by atoms with Crippen molar-refractivity contribution in [2.45, 2.75) is 90.4 Å². The first-order chi connectivity index (χ1) is 12.1. The molecule has 0 amide bonds. The highest BCUT2D eigenvalue weighted by Crippen LogP contribution is 2.42. The third-order valence-corrected chi connectivity index (χ3v) is 6.71. The van der Waals surface area contributed by atoms with Gasteiger partial charge in [-0.1, -0.05) is 38.3 Å². The van der Waals surface area contributed by atoms with Crippen LogP contribution in [0.2, 0.25) is 0 Å². The Morgan fingerprint density at radius 3 is 2.00 bits per heavy atom. The van der Waals surface area contributed by atoms with Crippen molar-refractivity contribution in [1.29, 1.82) is 5.26 Å². The number of nitrogens with zero attached hydrogens (tertiary/aromatic N) is 1. The van der Waals surface area contributed by atoms with E-state index in [0.29, 0.717) is 12.3 Å². The lowest BCUT2D eigenvalue weighted by molar-refractivity contribution is 0.240. The van der Waals surface area contributed by atoms with E-state index in [0.717, 1.165) is 24.2 Å². The standard InChI is InChI=1S/C23H36FN/c1-3-4-6-19-9-13-21(14-10-19)18(2)22-15-11-20(12-16-22)7-5-8-23(24)17-25/h8,19-22H,2-7,9-16H2,1H3/b23-8-/t19-,20-,21-,22-. The molecule has 0 N–H and O–H groups in total. The Morgan fingerprint density at radius 1 is 1.00 bits per heavy atom. The molecule has 2 saturated carbocycles. The number of hydrogen-bond acceptors (Lipinski definition) is 1. The number of allylic oxidation sites excluding steroid dienone is 3. The fraction of sp³-hybridized carbons (Fsp3) is 0.783. The molecule has 0 aromatic rings. The molecule has 0 bridgehead atoms. The van der Waals surface area contributed by atoms with E-state index in [9.17, 15) is 4.39 Å². The summed E-state index contributed by atoms with van der Waals surface area (Å²) < 4.78 is 12.8. The average molecular weight is 346 g/mol. The monoisotopic (exact) mass is 345 g/mol. The van der Waals surface area contributed by atoms with Crippen LogP contribution in [0.4, 0.5) is 4.39 Å². The Kier molecular flexibility index (Phi) is 8.73. The van der Waals surface area contributed by atoms with Gasteiger partial charge in [0.1, 0.15) is 6.07 Å². The summed E-state index contributed by atoms with van der Waals surface area (Å²) in [4.78, 5) is 0. The Balaban J connectivity index is 1.67. The van der Waals surface area contributed by atoms with E-state index in [4.69, 9.17) is 5.26 Å². The second-order valence-electron chi connectivity index (χ2n) is 8.39. The molecule has 0 spiro atoms. The van der Waals surface area contributed by atoms with Crippen LogP contribution in [0.1, 0.15) is 90.4 Å². The van der Waals surface area contributed by atoms with Crippen molar-refractivity contribution >= 4 is 0 Å². The van der Waals surface area contributed by atoms with E-state index in [1.807, 2.05) is 0 Å². The molecule has 0 saturated heterocycles. The zero-order valence-electron chi connectivity index (χ0n) is 16.1. The zero-order valence-corrected chi connectivity index (χ0v) is 16.1. The van der Waals surface area contributed by atoms with Crippen LogP contribution in [-0.2, 0) is 0 Å². The summed E-state index contributed by atoms with van der Waals surface area (Å²) in [6.07, 6.45) is 17.9. The van der Waals surface area contributed by atoms with Gasteiger partial charge in [-0.25, -0.2) is 0 Å². The summed E-state index contributed by atoms with van der Waals surface area (Å²) in [5.41, 5.74) is 1.54. The van der Waals surface area contributed by atoms with E-state index < -0.39 is 5.83 Å². The minimum Gasteiger partial charge on any atom is -0.195 e. The molecular formula is C23H36FN. The molecule has 0 unspecified atom stereocenters.